The quantitative estimate of drug-likeness (QED) is 0.267. The van der Waals surface area contributed by atoms with Crippen LogP contribution in [0.15, 0.2) is 65.7 Å². The van der Waals surface area contributed by atoms with Crippen LogP contribution < -0.4 is 5.32 Å². The summed E-state index contributed by atoms with van der Waals surface area (Å²) in [4.78, 5) is 27.6. The van der Waals surface area contributed by atoms with Crippen molar-refractivity contribution < 1.29 is 22.5 Å². The van der Waals surface area contributed by atoms with E-state index in [2.05, 4.69) is 10.3 Å². The van der Waals surface area contributed by atoms with Gasteiger partial charge in [-0.15, -0.1) is 0 Å². The van der Waals surface area contributed by atoms with Crippen LogP contribution in [0.3, 0.4) is 0 Å². The Morgan fingerprint density at radius 2 is 1.92 bits per heavy atom. The third-order valence-electron chi connectivity index (χ3n) is 6.78. The molecule has 0 bridgehead atoms. The first-order valence-corrected chi connectivity index (χ1v) is 13.3. The van der Waals surface area contributed by atoms with Gasteiger partial charge in [0.2, 0.25) is 5.67 Å². The summed E-state index contributed by atoms with van der Waals surface area (Å²) >= 11 is 12.1. The van der Waals surface area contributed by atoms with E-state index in [-0.39, 0.29) is 37.2 Å². The molecule has 0 radical (unpaired) electrons. The number of alkyl halides is 1. The van der Waals surface area contributed by atoms with Gasteiger partial charge in [-0.1, -0.05) is 47.5 Å². The summed E-state index contributed by atoms with van der Waals surface area (Å²) in [5.74, 6) is -0.906. The van der Waals surface area contributed by atoms with Gasteiger partial charge in [0.25, 0.3) is 21.6 Å². The van der Waals surface area contributed by atoms with Crippen molar-refractivity contribution in [1.82, 2.24) is 14.6 Å². The third kappa shape index (κ3) is 4.15. The lowest BCUT2D eigenvalue weighted by atomic mass is 9.76. The second-order valence-corrected chi connectivity index (χ2v) is 11.6. The zero-order valence-electron chi connectivity index (χ0n) is 19.0. The van der Waals surface area contributed by atoms with Crippen LogP contribution in [0.1, 0.15) is 29.7 Å². The number of hydrogen-bond donors (Lipinski definition) is 1. The van der Waals surface area contributed by atoms with E-state index in [1.54, 1.807) is 12.1 Å². The number of halogens is 3. The normalized spacial score (nSPS) is 24.4. The van der Waals surface area contributed by atoms with Gasteiger partial charge in [0.15, 0.2) is 4.90 Å². The van der Waals surface area contributed by atoms with Crippen molar-refractivity contribution in [2.45, 2.75) is 35.5 Å². The monoisotopic (exact) mass is 564 g/mol. The highest BCUT2D eigenvalue weighted by Crippen LogP contribution is 2.57. The standard InChI is InChI=1S/C24H19Cl2FN4O5S/c25-16-8-7-15(18(26)12-16)13-29-22(32)24(27)10-9-23(21-17(24)4-3-11-28-21)14-30(23)37(35,36)20-6-2-1-5-19(20)31(33)34/h1-8,11-12H,9-10,13-14H2,(H,29,32). The number of carbonyl (C=O) groups excluding carboxylic acids is 1. The number of benzene rings is 2. The molecule has 2 heterocycles. The van der Waals surface area contributed by atoms with E-state index >= 15 is 4.39 Å². The largest absolute Gasteiger partial charge is 0.349 e. The SMILES string of the molecule is O=C(NCc1ccc(Cl)cc1Cl)C1(F)CCC2(CN2S(=O)(=O)c2ccccc2[N+](=O)[O-])c2ncccc21. The van der Waals surface area contributed by atoms with E-state index in [1.807, 2.05) is 0 Å². The number of rotatable bonds is 6. The van der Waals surface area contributed by atoms with Gasteiger partial charge < -0.3 is 5.32 Å². The number of fused-ring (bicyclic) bond motifs is 2. The molecule has 192 valence electrons. The van der Waals surface area contributed by atoms with Crippen LogP contribution in [-0.2, 0) is 32.6 Å². The first kappa shape index (κ1) is 25.5. The molecule has 3 unspecified atom stereocenters. The molecule has 0 saturated carbocycles. The van der Waals surface area contributed by atoms with Crippen LogP contribution in [-0.4, -0.2) is 35.1 Å². The number of hydrogen-bond acceptors (Lipinski definition) is 6. The molecule has 9 nitrogen and oxygen atoms in total. The summed E-state index contributed by atoms with van der Waals surface area (Å²) in [5.41, 5.74) is -3.60. The number of amides is 1. The average Bonchev–Trinajstić information content (AvgIpc) is 3.62. The fraction of sp³-hybridized carbons (Fsp3) is 0.250. The van der Waals surface area contributed by atoms with Crippen molar-refractivity contribution in [2.24, 2.45) is 0 Å². The molecular weight excluding hydrogens is 546 g/mol. The van der Waals surface area contributed by atoms with E-state index in [4.69, 9.17) is 23.2 Å². The molecule has 1 saturated heterocycles. The summed E-state index contributed by atoms with van der Waals surface area (Å²) < 4.78 is 44.3. The summed E-state index contributed by atoms with van der Waals surface area (Å²) in [5, 5.41) is 14.7. The first-order valence-electron chi connectivity index (χ1n) is 11.1. The molecule has 1 fully saturated rings. The van der Waals surface area contributed by atoms with Crippen molar-refractivity contribution in [3.63, 3.8) is 0 Å². The molecule has 3 atom stereocenters. The van der Waals surface area contributed by atoms with Gasteiger partial charge in [-0.2, -0.15) is 4.31 Å². The van der Waals surface area contributed by atoms with Gasteiger partial charge in [-0.05, 0) is 42.7 Å². The molecule has 2 aliphatic rings. The number of nitrogens with zero attached hydrogens (tertiary/aromatic N) is 3. The maximum absolute atomic E-state index is 16.4. The Balaban J connectivity index is 1.45. The maximum Gasteiger partial charge on any atom is 0.289 e. The minimum atomic E-state index is -4.30. The van der Waals surface area contributed by atoms with Gasteiger partial charge in [-0.25, -0.2) is 12.8 Å². The number of aromatic nitrogens is 1. The summed E-state index contributed by atoms with van der Waals surface area (Å²) in [7, 11) is -4.30. The van der Waals surface area contributed by atoms with Crippen LogP contribution in [0, 0.1) is 10.1 Å². The lowest BCUT2D eigenvalue weighted by Gasteiger charge is -2.34. The van der Waals surface area contributed by atoms with E-state index in [0.29, 0.717) is 15.6 Å². The number of nitro groups is 1. The highest BCUT2D eigenvalue weighted by atomic mass is 35.5. The Morgan fingerprint density at radius 1 is 1.16 bits per heavy atom. The van der Waals surface area contributed by atoms with Crippen molar-refractivity contribution in [2.75, 3.05) is 6.54 Å². The van der Waals surface area contributed by atoms with Gasteiger partial charge in [-0.3, -0.25) is 19.9 Å². The highest BCUT2D eigenvalue weighted by Gasteiger charge is 2.67. The molecule has 1 aliphatic heterocycles. The maximum atomic E-state index is 16.4. The first-order chi connectivity index (χ1) is 17.5. The molecular formula is C24H19Cl2FN4O5S. The number of pyridine rings is 1. The van der Waals surface area contributed by atoms with E-state index in [0.717, 1.165) is 16.4 Å². The lowest BCUT2D eigenvalue weighted by Crippen LogP contribution is -2.46. The van der Waals surface area contributed by atoms with Crippen molar-refractivity contribution in [3.05, 3.63) is 97.8 Å². The Hall–Kier alpha value is -3.12. The van der Waals surface area contributed by atoms with Crippen LogP contribution in [0.5, 0.6) is 0 Å². The topological polar surface area (TPSA) is 122 Å². The predicted octanol–water partition coefficient (Wildman–Crippen LogP) is 4.47. The fourth-order valence-electron chi connectivity index (χ4n) is 4.80. The summed E-state index contributed by atoms with van der Waals surface area (Å²) in [6, 6.07) is 12.7. The molecule has 2 aromatic carbocycles. The van der Waals surface area contributed by atoms with E-state index in [1.165, 1.54) is 36.5 Å². The molecule has 13 heteroatoms. The molecule has 1 spiro atoms. The summed E-state index contributed by atoms with van der Waals surface area (Å²) in [6.45, 7) is -0.0805. The third-order valence-corrected chi connectivity index (χ3v) is 9.33. The predicted molar refractivity (Wildman–Crippen MR) is 133 cm³/mol. The molecule has 37 heavy (non-hydrogen) atoms. The molecule has 1 amide bonds. The number of carbonyl (C=O) groups is 1. The number of nitro benzene ring substituents is 1. The second kappa shape index (κ2) is 9.02. The van der Waals surface area contributed by atoms with Crippen molar-refractivity contribution in [3.8, 4) is 0 Å². The van der Waals surface area contributed by atoms with E-state index < -0.39 is 42.6 Å². The van der Waals surface area contributed by atoms with Gasteiger partial charge in [0, 0.05) is 41.0 Å². The molecule has 1 aliphatic carbocycles. The molecule has 1 aromatic heterocycles. The lowest BCUT2D eigenvalue weighted by molar-refractivity contribution is -0.387. The Labute approximate surface area is 221 Å². The second-order valence-electron chi connectivity index (χ2n) is 8.89. The van der Waals surface area contributed by atoms with Gasteiger partial charge in [0.05, 0.1) is 16.2 Å². The fourth-order valence-corrected chi connectivity index (χ4v) is 7.19. The number of para-hydroxylation sites is 1. The average molecular weight is 565 g/mol. The van der Waals surface area contributed by atoms with Crippen molar-refractivity contribution >= 4 is 44.8 Å². The van der Waals surface area contributed by atoms with Crippen molar-refractivity contribution in [1.29, 1.82) is 0 Å². The molecule has 3 aromatic rings. The highest BCUT2D eigenvalue weighted by molar-refractivity contribution is 7.89. The molecule has 1 N–H and O–H groups in total. The van der Waals surface area contributed by atoms with Crippen LogP contribution in [0.25, 0.3) is 0 Å². The van der Waals surface area contributed by atoms with Crippen LogP contribution >= 0.6 is 23.2 Å². The Bertz CT molecular complexity index is 1560. The number of nitrogens with one attached hydrogen (secondary N) is 1. The van der Waals surface area contributed by atoms with E-state index in [9.17, 15) is 23.3 Å². The van der Waals surface area contributed by atoms with Crippen LogP contribution in [0.2, 0.25) is 10.0 Å². The minimum absolute atomic E-state index is 0.0382. The van der Waals surface area contributed by atoms with Gasteiger partial charge >= 0.3 is 0 Å². The zero-order valence-corrected chi connectivity index (χ0v) is 21.4. The number of sulfonamides is 1. The smallest absolute Gasteiger partial charge is 0.289 e. The zero-order chi connectivity index (χ0) is 26.6. The molecule has 5 rings (SSSR count). The summed E-state index contributed by atoms with van der Waals surface area (Å²) in [6.07, 6.45) is 1.04. The Morgan fingerprint density at radius 3 is 2.65 bits per heavy atom. The van der Waals surface area contributed by atoms with Gasteiger partial charge in [0.1, 0.15) is 0 Å². The Kier molecular flexibility index (Phi) is 6.22. The van der Waals surface area contributed by atoms with Crippen LogP contribution in [0.4, 0.5) is 10.1 Å². The minimum Gasteiger partial charge on any atom is -0.349 e.